The highest BCUT2D eigenvalue weighted by atomic mass is 32.2. The average Bonchev–Trinajstić information content (AvgIpc) is 2.25. The van der Waals surface area contributed by atoms with E-state index in [-0.39, 0.29) is 11.9 Å². The molecule has 6 nitrogen and oxygen atoms in total. The molecule has 0 rings (SSSR count). The van der Waals surface area contributed by atoms with Crippen LogP contribution in [0.3, 0.4) is 0 Å². The van der Waals surface area contributed by atoms with Gasteiger partial charge >= 0.3 is 0 Å². The standard InChI is InChI=1S/C11H25N3O3S/c1-6-14(18(5,16)17)9-7-8-12-10(2)11(15)13(3)4/h10,12H,6-9H2,1-5H3. The van der Waals surface area contributed by atoms with Crippen molar-refractivity contribution in [2.75, 3.05) is 40.0 Å². The Morgan fingerprint density at radius 2 is 1.89 bits per heavy atom. The maximum Gasteiger partial charge on any atom is 0.238 e. The van der Waals surface area contributed by atoms with Gasteiger partial charge in [0.15, 0.2) is 0 Å². The molecule has 0 aromatic heterocycles. The Hall–Kier alpha value is -0.660. The van der Waals surface area contributed by atoms with E-state index in [0.29, 0.717) is 26.1 Å². The third-order valence-corrected chi connectivity index (χ3v) is 4.05. The Morgan fingerprint density at radius 3 is 2.28 bits per heavy atom. The fraction of sp³-hybridized carbons (Fsp3) is 0.909. The number of likely N-dealkylation sites (N-methyl/N-ethyl adjacent to an activating group) is 1. The molecule has 0 aromatic rings. The van der Waals surface area contributed by atoms with Crippen LogP contribution < -0.4 is 5.32 Å². The van der Waals surface area contributed by atoms with E-state index < -0.39 is 10.0 Å². The Labute approximate surface area is 110 Å². The fourth-order valence-corrected chi connectivity index (χ4v) is 2.54. The van der Waals surface area contributed by atoms with Gasteiger partial charge in [-0.25, -0.2) is 12.7 Å². The van der Waals surface area contributed by atoms with E-state index >= 15 is 0 Å². The van der Waals surface area contributed by atoms with Gasteiger partial charge in [0.05, 0.1) is 12.3 Å². The first-order valence-electron chi connectivity index (χ1n) is 6.09. The number of nitrogens with zero attached hydrogens (tertiary/aromatic N) is 2. The van der Waals surface area contributed by atoms with Crippen molar-refractivity contribution < 1.29 is 13.2 Å². The lowest BCUT2D eigenvalue weighted by molar-refractivity contribution is -0.130. The number of hydrogen-bond donors (Lipinski definition) is 1. The smallest absolute Gasteiger partial charge is 0.238 e. The highest BCUT2D eigenvalue weighted by Crippen LogP contribution is 1.98. The Morgan fingerprint density at radius 1 is 1.33 bits per heavy atom. The van der Waals surface area contributed by atoms with E-state index in [9.17, 15) is 13.2 Å². The molecule has 1 atom stereocenters. The Kier molecular flexibility index (Phi) is 7.42. The summed E-state index contributed by atoms with van der Waals surface area (Å²) < 4.78 is 24.1. The van der Waals surface area contributed by atoms with Crippen molar-refractivity contribution in [3.05, 3.63) is 0 Å². The van der Waals surface area contributed by atoms with E-state index in [4.69, 9.17) is 0 Å². The minimum atomic E-state index is -3.12. The topological polar surface area (TPSA) is 69.7 Å². The van der Waals surface area contributed by atoms with Crippen molar-refractivity contribution in [1.82, 2.24) is 14.5 Å². The van der Waals surface area contributed by atoms with Crippen LogP contribution in [0.5, 0.6) is 0 Å². The third-order valence-electron chi connectivity index (χ3n) is 2.67. The molecule has 0 aliphatic rings. The van der Waals surface area contributed by atoms with Gasteiger partial charge in [0.25, 0.3) is 0 Å². The second-order valence-corrected chi connectivity index (χ2v) is 6.50. The summed E-state index contributed by atoms with van der Waals surface area (Å²) in [5.74, 6) is 0.0189. The molecule has 7 heteroatoms. The summed E-state index contributed by atoms with van der Waals surface area (Å²) in [5, 5.41) is 3.08. The van der Waals surface area contributed by atoms with Crippen LogP contribution in [0.4, 0.5) is 0 Å². The van der Waals surface area contributed by atoms with Crippen LogP contribution >= 0.6 is 0 Å². The lowest BCUT2D eigenvalue weighted by Crippen LogP contribution is -2.42. The second-order valence-electron chi connectivity index (χ2n) is 4.52. The van der Waals surface area contributed by atoms with Crippen LogP contribution in [0.2, 0.25) is 0 Å². The van der Waals surface area contributed by atoms with Crippen molar-refractivity contribution in [3.8, 4) is 0 Å². The summed E-state index contributed by atoms with van der Waals surface area (Å²) in [6.07, 6.45) is 1.90. The largest absolute Gasteiger partial charge is 0.347 e. The molecule has 0 spiro atoms. The minimum Gasteiger partial charge on any atom is -0.347 e. The van der Waals surface area contributed by atoms with E-state index in [1.54, 1.807) is 21.0 Å². The van der Waals surface area contributed by atoms with E-state index in [2.05, 4.69) is 5.32 Å². The molecule has 0 heterocycles. The van der Waals surface area contributed by atoms with Gasteiger partial charge in [-0.3, -0.25) is 4.79 Å². The summed E-state index contributed by atoms with van der Waals surface area (Å²) in [4.78, 5) is 13.1. The molecule has 0 fully saturated rings. The van der Waals surface area contributed by atoms with E-state index in [1.807, 2.05) is 6.92 Å². The average molecular weight is 279 g/mol. The molecule has 1 N–H and O–H groups in total. The van der Waals surface area contributed by atoms with Gasteiger partial charge in [-0.05, 0) is 19.9 Å². The molecule has 0 aliphatic carbocycles. The maximum absolute atomic E-state index is 11.5. The number of rotatable bonds is 8. The minimum absolute atomic E-state index is 0.0189. The number of carbonyl (C=O) groups is 1. The first kappa shape index (κ1) is 17.3. The summed E-state index contributed by atoms with van der Waals surface area (Å²) in [5.41, 5.74) is 0. The first-order chi connectivity index (χ1) is 8.20. The van der Waals surface area contributed by atoms with Crippen LogP contribution in [-0.2, 0) is 14.8 Å². The molecule has 0 saturated carbocycles. The zero-order chi connectivity index (χ0) is 14.3. The van der Waals surface area contributed by atoms with Gasteiger partial charge in [0.2, 0.25) is 15.9 Å². The highest BCUT2D eigenvalue weighted by Gasteiger charge is 2.15. The predicted octanol–water partition coefficient (Wildman–Crippen LogP) is -0.276. The summed E-state index contributed by atoms with van der Waals surface area (Å²) in [7, 11) is 0.308. The number of hydrogen-bond acceptors (Lipinski definition) is 4. The first-order valence-corrected chi connectivity index (χ1v) is 7.94. The Bertz CT molecular complexity index is 355. The number of sulfonamides is 1. The second kappa shape index (κ2) is 7.70. The zero-order valence-corrected chi connectivity index (χ0v) is 12.7. The van der Waals surface area contributed by atoms with Crippen molar-refractivity contribution in [2.45, 2.75) is 26.3 Å². The van der Waals surface area contributed by atoms with E-state index in [1.165, 1.54) is 15.5 Å². The van der Waals surface area contributed by atoms with Gasteiger partial charge in [-0.15, -0.1) is 0 Å². The molecule has 0 bridgehead atoms. The molecular formula is C11H25N3O3S. The van der Waals surface area contributed by atoms with Crippen LogP contribution in [-0.4, -0.2) is 69.6 Å². The molecule has 0 radical (unpaired) electrons. The fourth-order valence-electron chi connectivity index (χ4n) is 1.61. The van der Waals surface area contributed by atoms with Crippen molar-refractivity contribution in [1.29, 1.82) is 0 Å². The van der Waals surface area contributed by atoms with Crippen LogP contribution in [0, 0.1) is 0 Å². The lowest BCUT2D eigenvalue weighted by Gasteiger charge is -2.20. The zero-order valence-electron chi connectivity index (χ0n) is 11.9. The van der Waals surface area contributed by atoms with Crippen molar-refractivity contribution >= 4 is 15.9 Å². The predicted molar refractivity (Wildman–Crippen MR) is 72.9 cm³/mol. The summed E-state index contributed by atoms with van der Waals surface area (Å²) in [6, 6.07) is -0.242. The lowest BCUT2D eigenvalue weighted by atomic mass is 10.3. The molecule has 0 aliphatic heterocycles. The molecule has 1 amide bonds. The molecule has 108 valence electrons. The van der Waals surface area contributed by atoms with Gasteiger partial charge in [-0.1, -0.05) is 6.92 Å². The van der Waals surface area contributed by atoms with Gasteiger partial charge < -0.3 is 10.2 Å². The van der Waals surface area contributed by atoms with Gasteiger partial charge in [-0.2, -0.15) is 0 Å². The molecule has 0 aromatic carbocycles. The number of amides is 1. The van der Waals surface area contributed by atoms with Gasteiger partial charge in [0.1, 0.15) is 0 Å². The molecule has 0 saturated heterocycles. The normalized spacial score (nSPS) is 13.7. The summed E-state index contributed by atoms with van der Waals surface area (Å²) in [6.45, 7) is 5.19. The SMILES string of the molecule is CCN(CCCNC(C)C(=O)N(C)C)S(C)(=O)=O. The number of carbonyl (C=O) groups excluding carboxylic acids is 1. The molecule has 1 unspecified atom stereocenters. The molecular weight excluding hydrogens is 254 g/mol. The van der Waals surface area contributed by atoms with Crippen molar-refractivity contribution in [2.24, 2.45) is 0 Å². The molecule has 18 heavy (non-hydrogen) atoms. The maximum atomic E-state index is 11.5. The van der Waals surface area contributed by atoms with Crippen molar-refractivity contribution in [3.63, 3.8) is 0 Å². The highest BCUT2D eigenvalue weighted by molar-refractivity contribution is 7.88. The third kappa shape index (κ3) is 6.32. The quantitative estimate of drug-likeness (QED) is 0.621. The number of nitrogens with one attached hydrogen (secondary N) is 1. The summed E-state index contributed by atoms with van der Waals surface area (Å²) >= 11 is 0. The van der Waals surface area contributed by atoms with Gasteiger partial charge in [0, 0.05) is 27.2 Å². The monoisotopic (exact) mass is 279 g/mol. The van der Waals surface area contributed by atoms with E-state index in [0.717, 1.165) is 0 Å². The van der Waals surface area contributed by atoms with Crippen LogP contribution in [0.1, 0.15) is 20.3 Å². The van der Waals surface area contributed by atoms with Crippen LogP contribution in [0.25, 0.3) is 0 Å². The van der Waals surface area contributed by atoms with Crippen LogP contribution in [0.15, 0.2) is 0 Å². The Balaban J connectivity index is 3.97.